The smallest absolute Gasteiger partial charge is 0.193 e. The Bertz CT molecular complexity index is 620. The molecule has 0 spiro atoms. The molecule has 0 saturated carbocycles. The summed E-state index contributed by atoms with van der Waals surface area (Å²) in [5.41, 5.74) is 3.53. The average Bonchev–Trinajstić information content (AvgIpc) is 3.24. The van der Waals surface area contributed by atoms with Crippen molar-refractivity contribution in [2.24, 2.45) is 12.0 Å². The highest BCUT2D eigenvalue weighted by atomic mass is 127. The van der Waals surface area contributed by atoms with E-state index < -0.39 is 0 Å². The number of guanidine groups is 1. The summed E-state index contributed by atoms with van der Waals surface area (Å²) in [5, 5.41) is 7.99. The van der Waals surface area contributed by atoms with E-state index in [4.69, 9.17) is 9.47 Å². The fourth-order valence-corrected chi connectivity index (χ4v) is 3.83. The third kappa shape index (κ3) is 5.80. The summed E-state index contributed by atoms with van der Waals surface area (Å²) in [6, 6.07) is 0. The van der Waals surface area contributed by atoms with Crippen molar-refractivity contribution in [3.8, 4) is 0 Å². The lowest BCUT2D eigenvalue weighted by Crippen LogP contribution is -2.47. The van der Waals surface area contributed by atoms with E-state index in [1.807, 2.05) is 18.8 Å². The molecule has 0 aliphatic carbocycles. The third-order valence-electron chi connectivity index (χ3n) is 5.58. The topological polar surface area (TPSA) is 63.9 Å². The number of aliphatic imine (C=N–C) groups is 1. The van der Waals surface area contributed by atoms with Crippen molar-refractivity contribution in [1.29, 1.82) is 0 Å². The van der Waals surface area contributed by atoms with Gasteiger partial charge in [-0.25, -0.2) is 0 Å². The first-order chi connectivity index (χ1) is 12.6. The van der Waals surface area contributed by atoms with Gasteiger partial charge in [-0.05, 0) is 39.5 Å². The molecule has 1 aromatic rings. The molecule has 1 atom stereocenters. The summed E-state index contributed by atoms with van der Waals surface area (Å²) in [4.78, 5) is 6.80. The number of aryl methyl sites for hydroxylation is 2. The average molecular weight is 491 g/mol. The number of nitrogens with zero attached hydrogens (tertiary/aromatic N) is 4. The van der Waals surface area contributed by atoms with Crippen molar-refractivity contribution in [2.75, 3.05) is 33.4 Å². The van der Waals surface area contributed by atoms with E-state index in [-0.39, 0.29) is 24.0 Å². The molecule has 154 valence electrons. The summed E-state index contributed by atoms with van der Waals surface area (Å²) >= 11 is 0. The van der Waals surface area contributed by atoms with Crippen LogP contribution in [-0.2, 0) is 23.1 Å². The van der Waals surface area contributed by atoms with Crippen LogP contribution in [0.5, 0.6) is 0 Å². The molecule has 2 fully saturated rings. The molecular weight excluding hydrogens is 457 g/mol. The largest absolute Gasteiger partial charge is 0.376 e. The lowest BCUT2D eigenvalue weighted by molar-refractivity contribution is -0.0367. The molecule has 1 unspecified atom stereocenters. The standard InChI is InChI=1S/C19H33N5O2.HI/c1-14-18(15(2)23(4)22-14)12-21-19(20-3)24-9-7-16(8-10-24)26-13-17-6-5-11-25-17;/h16-17H,5-13H2,1-4H3,(H,20,21);1H. The molecule has 8 heteroatoms. The van der Waals surface area contributed by atoms with Gasteiger partial charge in [-0.1, -0.05) is 0 Å². The highest BCUT2D eigenvalue weighted by Gasteiger charge is 2.24. The first-order valence-electron chi connectivity index (χ1n) is 9.76. The van der Waals surface area contributed by atoms with Gasteiger partial charge < -0.3 is 19.7 Å². The maximum absolute atomic E-state index is 6.07. The molecule has 0 amide bonds. The van der Waals surface area contributed by atoms with Crippen molar-refractivity contribution in [1.82, 2.24) is 20.0 Å². The molecule has 3 rings (SSSR count). The molecular formula is C19H34IN5O2. The van der Waals surface area contributed by atoms with Crippen LogP contribution < -0.4 is 5.32 Å². The van der Waals surface area contributed by atoms with Gasteiger partial charge in [-0.2, -0.15) is 5.10 Å². The van der Waals surface area contributed by atoms with E-state index in [9.17, 15) is 0 Å². The van der Waals surface area contributed by atoms with Crippen LogP contribution in [0.15, 0.2) is 4.99 Å². The molecule has 2 aliphatic rings. The fraction of sp³-hybridized carbons (Fsp3) is 0.789. The van der Waals surface area contributed by atoms with Gasteiger partial charge in [0.25, 0.3) is 0 Å². The van der Waals surface area contributed by atoms with Crippen LogP contribution in [-0.4, -0.2) is 66.2 Å². The minimum atomic E-state index is 0. The molecule has 0 bridgehead atoms. The molecule has 27 heavy (non-hydrogen) atoms. The van der Waals surface area contributed by atoms with Gasteiger partial charge in [0.1, 0.15) is 0 Å². The lowest BCUT2D eigenvalue weighted by atomic mass is 10.1. The Morgan fingerprint density at radius 3 is 2.59 bits per heavy atom. The summed E-state index contributed by atoms with van der Waals surface area (Å²) in [5.74, 6) is 0.963. The maximum atomic E-state index is 6.07. The zero-order valence-electron chi connectivity index (χ0n) is 17.0. The van der Waals surface area contributed by atoms with Gasteiger partial charge >= 0.3 is 0 Å². The summed E-state index contributed by atoms with van der Waals surface area (Å²) in [6.07, 6.45) is 5.05. The second-order valence-electron chi connectivity index (χ2n) is 7.33. The molecule has 0 aromatic carbocycles. The molecule has 2 aliphatic heterocycles. The third-order valence-corrected chi connectivity index (χ3v) is 5.58. The predicted octanol–water partition coefficient (Wildman–Crippen LogP) is 2.39. The second-order valence-corrected chi connectivity index (χ2v) is 7.33. The van der Waals surface area contributed by atoms with E-state index in [1.54, 1.807) is 0 Å². The van der Waals surface area contributed by atoms with Crippen LogP contribution >= 0.6 is 24.0 Å². The quantitative estimate of drug-likeness (QED) is 0.390. The van der Waals surface area contributed by atoms with E-state index >= 15 is 0 Å². The van der Waals surface area contributed by atoms with E-state index in [1.165, 1.54) is 17.7 Å². The van der Waals surface area contributed by atoms with E-state index in [2.05, 4.69) is 34.2 Å². The Hall–Kier alpha value is -0.870. The van der Waals surface area contributed by atoms with Crippen LogP contribution in [0.2, 0.25) is 0 Å². The van der Waals surface area contributed by atoms with Crippen LogP contribution in [0.25, 0.3) is 0 Å². The van der Waals surface area contributed by atoms with Gasteiger partial charge in [0.15, 0.2) is 5.96 Å². The number of halogens is 1. The molecule has 3 heterocycles. The minimum absolute atomic E-state index is 0. The molecule has 1 N–H and O–H groups in total. The van der Waals surface area contributed by atoms with Crippen molar-refractivity contribution < 1.29 is 9.47 Å². The number of nitrogens with one attached hydrogen (secondary N) is 1. The summed E-state index contributed by atoms with van der Waals surface area (Å²) in [7, 11) is 3.84. The van der Waals surface area contributed by atoms with E-state index in [0.29, 0.717) is 12.2 Å². The Morgan fingerprint density at radius 1 is 1.30 bits per heavy atom. The first-order valence-corrected chi connectivity index (χ1v) is 9.76. The number of hydrogen-bond acceptors (Lipinski definition) is 4. The normalized spacial score (nSPS) is 21.4. The number of piperidine rings is 1. The Labute approximate surface area is 179 Å². The zero-order valence-corrected chi connectivity index (χ0v) is 19.4. The first kappa shape index (κ1) is 22.4. The number of rotatable bonds is 5. The fourth-order valence-electron chi connectivity index (χ4n) is 3.83. The number of ether oxygens (including phenoxy) is 2. The lowest BCUT2D eigenvalue weighted by Gasteiger charge is -2.34. The number of aromatic nitrogens is 2. The zero-order chi connectivity index (χ0) is 18.5. The van der Waals surface area contributed by atoms with Crippen LogP contribution in [0.3, 0.4) is 0 Å². The molecule has 2 saturated heterocycles. The van der Waals surface area contributed by atoms with Crippen LogP contribution in [0.4, 0.5) is 0 Å². The summed E-state index contributed by atoms with van der Waals surface area (Å²) in [6.45, 7) is 8.51. The molecule has 1 aromatic heterocycles. The maximum Gasteiger partial charge on any atom is 0.193 e. The molecule has 0 radical (unpaired) electrons. The van der Waals surface area contributed by atoms with Crippen molar-refractivity contribution in [2.45, 2.75) is 58.3 Å². The predicted molar refractivity (Wildman–Crippen MR) is 118 cm³/mol. The van der Waals surface area contributed by atoms with Crippen molar-refractivity contribution >= 4 is 29.9 Å². The van der Waals surface area contributed by atoms with Gasteiger partial charge in [0.2, 0.25) is 0 Å². The second kappa shape index (κ2) is 10.6. The highest BCUT2D eigenvalue weighted by molar-refractivity contribution is 14.0. The molecule has 7 nitrogen and oxygen atoms in total. The van der Waals surface area contributed by atoms with Crippen molar-refractivity contribution in [3.63, 3.8) is 0 Å². The van der Waals surface area contributed by atoms with Gasteiger partial charge in [0, 0.05) is 51.6 Å². The summed E-state index contributed by atoms with van der Waals surface area (Å²) < 4.78 is 13.6. The minimum Gasteiger partial charge on any atom is -0.376 e. The Balaban J connectivity index is 0.00000261. The van der Waals surface area contributed by atoms with Crippen LogP contribution in [0.1, 0.15) is 42.6 Å². The monoisotopic (exact) mass is 491 g/mol. The van der Waals surface area contributed by atoms with Crippen molar-refractivity contribution in [3.05, 3.63) is 17.0 Å². The van der Waals surface area contributed by atoms with Gasteiger partial charge in [0.05, 0.1) is 24.5 Å². The van der Waals surface area contributed by atoms with Gasteiger partial charge in [-0.3, -0.25) is 9.67 Å². The van der Waals surface area contributed by atoms with Gasteiger partial charge in [-0.15, -0.1) is 24.0 Å². The highest BCUT2D eigenvalue weighted by Crippen LogP contribution is 2.18. The number of likely N-dealkylation sites (tertiary alicyclic amines) is 1. The number of hydrogen-bond donors (Lipinski definition) is 1. The van der Waals surface area contributed by atoms with Crippen LogP contribution in [0, 0.1) is 13.8 Å². The Kier molecular flexibility index (Phi) is 8.81. The Morgan fingerprint density at radius 2 is 2.04 bits per heavy atom. The SMILES string of the molecule is CN=C(NCc1c(C)nn(C)c1C)N1CCC(OCC2CCCO2)CC1.I. The van der Waals surface area contributed by atoms with E-state index in [0.717, 1.165) is 63.8 Å².